The van der Waals surface area contributed by atoms with Gasteiger partial charge in [0.15, 0.2) is 0 Å². The molecule has 4 nitrogen and oxygen atoms in total. The fourth-order valence-electron chi connectivity index (χ4n) is 1.83. The van der Waals surface area contributed by atoms with E-state index in [0.717, 1.165) is 18.1 Å². The smallest absolute Gasteiger partial charge is 0.142 e. The van der Waals surface area contributed by atoms with Gasteiger partial charge in [-0.3, -0.25) is 4.68 Å². The molecule has 1 saturated carbocycles. The van der Waals surface area contributed by atoms with Crippen LogP contribution in [0.2, 0.25) is 0 Å². The molecule has 0 saturated heterocycles. The Hall–Kier alpha value is -1.15. The normalized spacial score (nSPS) is 16.9. The lowest BCUT2D eigenvalue weighted by molar-refractivity contribution is 0.754. The quantitative estimate of drug-likeness (QED) is 0.867. The predicted molar refractivity (Wildman–Crippen MR) is 66.6 cm³/mol. The molecule has 1 aliphatic carbocycles. The lowest BCUT2D eigenvalue weighted by atomic mass is 10.2. The molecule has 16 heavy (non-hydrogen) atoms. The molecule has 1 aromatic rings. The molecule has 0 aliphatic heterocycles. The van der Waals surface area contributed by atoms with Crippen molar-refractivity contribution in [3.8, 4) is 6.07 Å². The predicted octanol–water partition coefficient (Wildman–Crippen LogP) is 1.91. The zero-order valence-corrected chi connectivity index (χ0v) is 10.7. The average molecular weight is 236 g/mol. The SMILES string of the molecule is CSC1(CNc2c(C#N)c(C)nn2C)CC1. The molecule has 0 amide bonds. The van der Waals surface area contributed by atoms with E-state index in [9.17, 15) is 0 Å². The first kappa shape index (κ1) is 11.3. The molecule has 5 heteroatoms. The fourth-order valence-corrected chi connectivity index (χ4v) is 2.56. The molecule has 1 aromatic heterocycles. The van der Waals surface area contributed by atoms with E-state index in [0.29, 0.717) is 10.3 Å². The van der Waals surface area contributed by atoms with Crippen LogP contribution in [0, 0.1) is 18.3 Å². The highest BCUT2D eigenvalue weighted by Gasteiger charge is 2.41. The number of aromatic nitrogens is 2. The van der Waals surface area contributed by atoms with Gasteiger partial charge in [-0.2, -0.15) is 22.1 Å². The third kappa shape index (κ3) is 1.90. The standard InChI is InChI=1S/C11H16N4S/c1-8-9(6-12)10(15(2)14-8)13-7-11(16-3)4-5-11/h13H,4-5,7H2,1-3H3. The van der Waals surface area contributed by atoms with E-state index in [1.165, 1.54) is 12.8 Å². The summed E-state index contributed by atoms with van der Waals surface area (Å²) in [5.74, 6) is 0.848. The number of rotatable bonds is 4. The van der Waals surface area contributed by atoms with Crippen molar-refractivity contribution in [2.24, 2.45) is 7.05 Å². The van der Waals surface area contributed by atoms with E-state index in [1.54, 1.807) is 4.68 Å². The van der Waals surface area contributed by atoms with Gasteiger partial charge in [0.05, 0.1) is 5.69 Å². The van der Waals surface area contributed by atoms with E-state index < -0.39 is 0 Å². The Kier molecular flexibility index (Phi) is 2.85. The Labute approximate surface area is 100 Å². The Morgan fingerprint density at radius 3 is 2.81 bits per heavy atom. The minimum Gasteiger partial charge on any atom is -0.368 e. The van der Waals surface area contributed by atoms with Gasteiger partial charge in [0.2, 0.25) is 0 Å². The summed E-state index contributed by atoms with van der Waals surface area (Å²) >= 11 is 1.91. The van der Waals surface area contributed by atoms with Crippen LogP contribution in [0.5, 0.6) is 0 Å². The number of aryl methyl sites for hydroxylation is 2. The number of nitrogens with one attached hydrogen (secondary N) is 1. The number of thioether (sulfide) groups is 1. The van der Waals surface area contributed by atoms with Crippen LogP contribution in [0.3, 0.4) is 0 Å². The van der Waals surface area contributed by atoms with Crippen LogP contribution in [-0.4, -0.2) is 27.3 Å². The van der Waals surface area contributed by atoms with Gasteiger partial charge in [-0.05, 0) is 26.0 Å². The number of hydrogen-bond acceptors (Lipinski definition) is 4. The van der Waals surface area contributed by atoms with Crippen molar-refractivity contribution in [2.75, 3.05) is 18.1 Å². The molecule has 0 atom stereocenters. The Balaban J connectivity index is 2.13. The number of anilines is 1. The van der Waals surface area contributed by atoms with Gasteiger partial charge in [0.1, 0.15) is 17.5 Å². The van der Waals surface area contributed by atoms with Gasteiger partial charge in [-0.1, -0.05) is 0 Å². The van der Waals surface area contributed by atoms with Crippen LogP contribution < -0.4 is 5.32 Å². The maximum absolute atomic E-state index is 9.07. The highest BCUT2D eigenvalue weighted by molar-refractivity contribution is 8.00. The lowest BCUT2D eigenvalue weighted by Gasteiger charge is -2.14. The Bertz CT molecular complexity index is 440. The summed E-state index contributed by atoms with van der Waals surface area (Å²) in [5, 5.41) is 16.7. The van der Waals surface area contributed by atoms with Crippen molar-refractivity contribution in [2.45, 2.75) is 24.5 Å². The first-order valence-corrected chi connectivity index (χ1v) is 6.57. The zero-order chi connectivity index (χ0) is 11.8. The van der Waals surface area contributed by atoms with Crippen LogP contribution in [0.1, 0.15) is 24.1 Å². The van der Waals surface area contributed by atoms with Crippen LogP contribution in [0.4, 0.5) is 5.82 Å². The molecule has 0 unspecified atom stereocenters. The summed E-state index contributed by atoms with van der Waals surface area (Å²) in [6, 6.07) is 2.21. The summed E-state index contributed by atoms with van der Waals surface area (Å²) in [6.07, 6.45) is 4.67. The minimum absolute atomic E-state index is 0.394. The summed E-state index contributed by atoms with van der Waals surface area (Å²) in [7, 11) is 1.87. The summed E-state index contributed by atoms with van der Waals surface area (Å²) < 4.78 is 2.15. The number of nitrogens with zero attached hydrogens (tertiary/aromatic N) is 3. The van der Waals surface area contributed by atoms with Crippen molar-refractivity contribution in [1.29, 1.82) is 5.26 Å². The van der Waals surface area contributed by atoms with Crippen molar-refractivity contribution in [3.05, 3.63) is 11.3 Å². The van der Waals surface area contributed by atoms with Crippen LogP contribution >= 0.6 is 11.8 Å². The first-order valence-electron chi connectivity index (χ1n) is 5.34. The molecule has 1 heterocycles. The van der Waals surface area contributed by atoms with Crippen LogP contribution in [0.15, 0.2) is 0 Å². The number of hydrogen-bond donors (Lipinski definition) is 1. The van der Waals surface area contributed by atoms with E-state index >= 15 is 0 Å². The first-order chi connectivity index (χ1) is 7.62. The third-order valence-electron chi connectivity index (χ3n) is 3.15. The molecule has 0 spiro atoms. The molecule has 1 N–H and O–H groups in total. The molecular weight excluding hydrogens is 220 g/mol. The lowest BCUT2D eigenvalue weighted by Crippen LogP contribution is -2.19. The van der Waals surface area contributed by atoms with Crippen molar-refractivity contribution < 1.29 is 0 Å². The van der Waals surface area contributed by atoms with E-state index in [-0.39, 0.29) is 0 Å². The van der Waals surface area contributed by atoms with Crippen LogP contribution in [0.25, 0.3) is 0 Å². The maximum atomic E-state index is 9.07. The van der Waals surface area contributed by atoms with Gasteiger partial charge in [0.25, 0.3) is 0 Å². The topological polar surface area (TPSA) is 53.6 Å². The molecule has 0 radical (unpaired) electrons. The highest BCUT2D eigenvalue weighted by Crippen LogP contribution is 2.47. The molecule has 2 rings (SSSR count). The van der Waals surface area contributed by atoms with Gasteiger partial charge >= 0.3 is 0 Å². The van der Waals surface area contributed by atoms with Crippen molar-refractivity contribution in [1.82, 2.24) is 9.78 Å². The molecule has 1 fully saturated rings. The van der Waals surface area contributed by atoms with Gasteiger partial charge in [0, 0.05) is 18.3 Å². The fraction of sp³-hybridized carbons (Fsp3) is 0.636. The summed E-state index contributed by atoms with van der Waals surface area (Å²) in [4.78, 5) is 0. The van der Waals surface area contributed by atoms with E-state index in [4.69, 9.17) is 5.26 Å². The Morgan fingerprint density at radius 2 is 2.31 bits per heavy atom. The minimum atomic E-state index is 0.394. The second-order valence-electron chi connectivity index (χ2n) is 4.29. The van der Waals surface area contributed by atoms with Crippen molar-refractivity contribution >= 4 is 17.6 Å². The molecular formula is C11H16N4S. The summed E-state index contributed by atoms with van der Waals surface area (Å²) in [5.41, 5.74) is 1.46. The second-order valence-corrected chi connectivity index (χ2v) is 5.56. The van der Waals surface area contributed by atoms with E-state index in [1.807, 2.05) is 25.7 Å². The monoisotopic (exact) mass is 236 g/mol. The van der Waals surface area contributed by atoms with Crippen molar-refractivity contribution in [3.63, 3.8) is 0 Å². The molecule has 0 aromatic carbocycles. The van der Waals surface area contributed by atoms with Gasteiger partial charge < -0.3 is 5.32 Å². The zero-order valence-electron chi connectivity index (χ0n) is 9.87. The highest BCUT2D eigenvalue weighted by atomic mass is 32.2. The van der Waals surface area contributed by atoms with Gasteiger partial charge in [-0.15, -0.1) is 0 Å². The molecule has 86 valence electrons. The molecule has 1 aliphatic rings. The van der Waals surface area contributed by atoms with E-state index in [2.05, 4.69) is 22.7 Å². The largest absolute Gasteiger partial charge is 0.368 e. The number of nitriles is 1. The summed E-state index contributed by atoms with van der Waals surface area (Å²) in [6.45, 7) is 2.78. The van der Waals surface area contributed by atoms with Crippen LogP contribution in [-0.2, 0) is 7.05 Å². The second kappa shape index (κ2) is 4.02. The molecule has 0 bridgehead atoms. The Morgan fingerprint density at radius 1 is 1.62 bits per heavy atom. The third-order valence-corrected chi connectivity index (χ3v) is 4.57. The maximum Gasteiger partial charge on any atom is 0.142 e. The average Bonchev–Trinajstić information content (AvgIpc) is 2.98. The van der Waals surface area contributed by atoms with Gasteiger partial charge in [-0.25, -0.2) is 0 Å².